The molecule has 0 unspecified atom stereocenters. The van der Waals surface area contributed by atoms with Gasteiger partial charge in [-0.15, -0.1) is 0 Å². The van der Waals surface area contributed by atoms with Crippen molar-refractivity contribution in [3.8, 4) is 0 Å². The predicted octanol–water partition coefficient (Wildman–Crippen LogP) is 3.76. The molecule has 0 saturated carbocycles. The summed E-state index contributed by atoms with van der Waals surface area (Å²) in [6.45, 7) is 5.46. The lowest BCUT2D eigenvalue weighted by Crippen LogP contribution is -2.36. The van der Waals surface area contributed by atoms with Gasteiger partial charge in [-0.2, -0.15) is 0 Å². The van der Waals surface area contributed by atoms with Gasteiger partial charge in [-0.1, -0.05) is 17.7 Å². The van der Waals surface area contributed by atoms with Crippen LogP contribution in [0.25, 0.3) is 0 Å². The van der Waals surface area contributed by atoms with Crippen molar-refractivity contribution in [2.75, 3.05) is 17.4 Å². The van der Waals surface area contributed by atoms with Crippen LogP contribution in [0.15, 0.2) is 47.4 Å². The van der Waals surface area contributed by atoms with Crippen LogP contribution in [-0.2, 0) is 16.4 Å². The molecule has 0 N–H and O–H groups in total. The van der Waals surface area contributed by atoms with Gasteiger partial charge in [0.15, 0.2) is 0 Å². The maximum Gasteiger partial charge on any atom is 0.264 e. The molecule has 0 aromatic heterocycles. The predicted molar refractivity (Wildman–Crippen MR) is 110 cm³/mol. The minimum atomic E-state index is -3.63. The summed E-state index contributed by atoms with van der Waals surface area (Å²) in [6, 6.07) is 12.2. The van der Waals surface area contributed by atoms with Gasteiger partial charge in [0.2, 0.25) is 0 Å². The van der Waals surface area contributed by atoms with Crippen LogP contribution in [-0.4, -0.2) is 38.4 Å². The highest BCUT2D eigenvalue weighted by atomic mass is 32.2. The van der Waals surface area contributed by atoms with E-state index in [-0.39, 0.29) is 11.9 Å². The Morgan fingerprint density at radius 3 is 2.36 bits per heavy atom. The Balaban J connectivity index is 1.66. The number of carbonyl (C=O) groups is 1. The van der Waals surface area contributed by atoms with E-state index in [0.717, 1.165) is 37.1 Å². The highest BCUT2D eigenvalue weighted by Crippen LogP contribution is 2.37. The molecule has 0 radical (unpaired) electrons. The number of carbonyl (C=O) groups excluding carboxylic acids is 1. The average Bonchev–Trinajstić information content (AvgIpc) is 3.04. The summed E-state index contributed by atoms with van der Waals surface area (Å²) in [5.41, 5.74) is 3.28. The summed E-state index contributed by atoms with van der Waals surface area (Å²) < 4.78 is 28.0. The Labute approximate surface area is 167 Å². The van der Waals surface area contributed by atoms with Crippen LogP contribution < -0.4 is 4.31 Å². The lowest BCUT2D eigenvalue weighted by atomic mass is 10.0. The SMILES string of the molecule is Cc1ccc(S(=O)(=O)N2c3ccc(C(=O)N4CCCCC4)cc3C[C@H]2C)cc1. The second kappa shape index (κ2) is 7.24. The number of anilines is 1. The molecule has 2 aromatic carbocycles. The number of rotatable bonds is 3. The topological polar surface area (TPSA) is 57.7 Å². The molecule has 4 rings (SSSR count). The minimum Gasteiger partial charge on any atom is -0.339 e. The molecule has 0 spiro atoms. The Morgan fingerprint density at radius 1 is 1.00 bits per heavy atom. The normalized spacial score (nSPS) is 19.6. The quantitative estimate of drug-likeness (QED) is 0.791. The lowest BCUT2D eigenvalue weighted by Gasteiger charge is -2.27. The minimum absolute atomic E-state index is 0.0509. The van der Waals surface area contributed by atoms with E-state index in [1.165, 1.54) is 10.7 Å². The number of likely N-dealkylation sites (tertiary alicyclic amines) is 1. The van der Waals surface area contributed by atoms with E-state index in [0.29, 0.717) is 22.6 Å². The summed E-state index contributed by atoms with van der Waals surface area (Å²) in [6.07, 6.45) is 3.89. The molecule has 2 heterocycles. The number of hydrogen-bond acceptors (Lipinski definition) is 3. The van der Waals surface area contributed by atoms with Gasteiger partial charge in [0.1, 0.15) is 0 Å². The molecule has 5 nitrogen and oxygen atoms in total. The van der Waals surface area contributed by atoms with E-state index in [1.807, 2.05) is 36.9 Å². The Kier molecular flexibility index (Phi) is 4.91. The molecule has 148 valence electrons. The van der Waals surface area contributed by atoms with Gasteiger partial charge in [-0.25, -0.2) is 8.42 Å². The van der Waals surface area contributed by atoms with Gasteiger partial charge in [0.25, 0.3) is 15.9 Å². The summed E-state index contributed by atoms with van der Waals surface area (Å²) in [7, 11) is -3.63. The Bertz CT molecular complexity index is 993. The van der Waals surface area contributed by atoms with Crippen molar-refractivity contribution in [2.45, 2.75) is 50.5 Å². The van der Waals surface area contributed by atoms with Crippen LogP contribution in [0.2, 0.25) is 0 Å². The maximum atomic E-state index is 13.2. The highest BCUT2D eigenvalue weighted by molar-refractivity contribution is 7.92. The highest BCUT2D eigenvalue weighted by Gasteiger charge is 2.36. The standard InChI is InChI=1S/C22H26N2O3S/c1-16-6-9-20(10-7-16)28(26,27)24-17(2)14-19-15-18(8-11-21(19)24)22(25)23-12-4-3-5-13-23/h6-11,15,17H,3-5,12-14H2,1-2H3/t17-/m1/s1. The number of aryl methyl sites for hydroxylation is 1. The number of sulfonamides is 1. The fourth-order valence-corrected chi connectivity index (χ4v) is 5.90. The molecule has 1 atom stereocenters. The zero-order valence-corrected chi connectivity index (χ0v) is 17.2. The Morgan fingerprint density at radius 2 is 1.68 bits per heavy atom. The average molecular weight is 399 g/mol. The zero-order valence-electron chi connectivity index (χ0n) is 16.4. The number of piperidine rings is 1. The first-order chi connectivity index (χ1) is 13.4. The van der Waals surface area contributed by atoms with E-state index in [2.05, 4.69) is 0 Å². The van der Waals surface area contributed by atoms with E-state index in [1.54, 1.807) is 24.3 Å². The van der Waals surface area contributed by atoms with Gasteiger partial charge >= 0.3 is 0 Å². The summed E-state index contributed by atoms with van der Waals surface area (Å²) >= 11 is 0. The molecule has 1 amide bonds. The third-order valence-electron chi connectivity index (χ3n) is 5.70. The van der Waals surface area contributed by atoms with Crippen molar-refractivity contribution >= 4 is 21.6 Å². The number of fused-ring (bicyclic) bond motifs is 1. The third-order valence-corrected chi connectivity index (χ3v) is 7.64. The first-order valence-corrected chi connectivity index (χ1v) is 11.4. The molecule has 28 heavy (non-hydrogen) atoms. The van der Waals surface area contributed by atoms with Gasteiger partial charge in [-0.3, -0.25) is 9.10 Å². The molecule has 0 aliphatic carbocycles. The molecule has 1 fully saturated rings. The van der Waals surface area contributed by atoms with Crippen molar-refractivity contribution in [1.82, 2.24) is 4.90 Å². The van der Waals surface area contributed by atoms with E-state index in [9.17, 15) is 13.2 Å². The van der Waals surface area contributed by atoms with Crippen molar-refractivity contribution in [3.63, 3.8) is 0 Å². The molecule has 1 saturated heterocycles. The fraction of sp³-hybridized carbons (Fsp3) is 0.409. The molecule has 0 bridgehead atoms. The molecular weight excluding hydrogens is 372 g/mol. The molecule has 2 aromatic rings. The second-order valence-electron chi connectivity index (χ2n) is 7.86. The summed E-state index contributed by atoms with van der Waals surface area (Å²) in [5, 5.41) is 0. The van der Waals surface area contributed by atoms with Crippen molar-refractivity contribution in [3.05, 3.63) is 59.2 Å². The number of nitrogens with zero attached hydrogens (tertiary/aromatic N) is 2. The van der Waals surface area contributed by atoms with Gasteiger partial charge < -0.3 is 4.90 Å². The summed E-state index contributed by atoms with van der Waals surface area (Å²) in [5.74, 6) is 0.0509. The zero-order chi connectivity index (χ0) is 19.9. The van der Waals surface area contributed by atoms with Crippen LogP contribution in [0.1, 0.15) is 47.7 Å². The second-order valence-corrected chi connectivity index (χ2v) is 9.68. The molecule has 2 aliphatic rings. The van der Waals surface area contributed by atoms with Crippen LogP contribution in [0.3, 0.4) is 0 Å². The smallest absolute Gasteiger partial charge is 0.264 e. The Hall–Kier alpha value is -2.34. The molecule has 6 heteroatoms. The lowest BCUT2D eigenvalue weighted by molar-refractivity contribution is 0.0724. The molecular formula is C22H26N2O3S. The number of hydrogen-bond donors (Lipinski definition) is 0. The number of amides is 1. The van der Waals surface area contributed by atoms with E-state index in [4.69, 9.17) is 0 Å². The monoisotopic (exact) mass is 398 g/mol. The first-order valence-electron chi connectivity index (χ1n) is 9.91. The van der Waals surface area contributed by atoms with Gasteiger partial charge in [0, 0.05) is 24.7 Å². The van der Waals surface area contributed by atoms with Crippen LogP contribution in [0.5, 0.6) is 0 Å². The van der Waals surface area contributed by atoms with Gasteiger partial charge in [-0.05, 0) is 75.4 Å². The van der Waals surface area contributed by atoms with E-state index >= 15 is 0 Å². The molecule has 2 aliphatic heterocycles. The largest absolute Gasteiger partial charge is 0.339 e. The van der Waals surface area contributed by atoms with Crippen LogP contribution in [0.4, 0.5) is 5.69 Å². The van der Waals surface area contributed by atoms with Crippen molar-refractivity contribution in [1.29, 1.82) is 0 Å². The van der Waals surface area contributed by atoms with Gasteiger partial charge in [0.05, 0.1) is 10.6 Å². The first kappa shape index (κ1) is 19.0. The van der Waals surface area contributed by atoms with Crippen molar-refractivity contribution in [2.24, 2.45) is 0 Å². The van der Waals surface area contributed by atoms with Crippen LogP contribution in [0, 0.1) is 6.92 Å². The van der Waals surface area contributed by atoms with Crippen molar-refractivity contribution < 1.29 is 13.2 Å². The maximum absolute atomic E-state index is 13.2. The number of benzene rings is 2. The fourth-order valence-electron chi connectivity index (χ4n) is 4.21. The van der Waals surface area contributed by atoms with E-state index < -0.39 is 10.0 Å². The summed E-state index contributed by atoms with van der Waals surface area (Å²) in [4.78, 5) is 15.0. The van der Waals surface area contributed by atoms with Crippen LogP contribution >= 0.6 is 0 Å². The third kappa shape index (κ3) is 3.30.